The van der Waals surface area contributed by atoms with Crippen molar-refractivity contribution in [2.75, 3.05) is 10.6 Å². The summed E-state index contributed by atoms with van der Waals surface area (Å²) < 4.78 is 38.6. The van der Waals surface area contributed by atoms with Gasteiger partial charge in [0, 0.05) is 28.2 Å². The van der Waals surface area contributed by atoms with E-state index in [1.165, 1.54) is 17.4 Å². The van der Waals surface area contributed by atoms with Crippen LogP contribution in [0.4, 0.5) is 29.7 Å². The van der Waals surface area contributed by atoms with Gasteiger partial charge in [0.15, 0.2) is 5.13 Å². The van der Waals surface area contributed by atoms with Crippen molar-refractivity contribution < 1.29 is 18.0 Å². The molecule has 2 aromatic carbocycles. The van der Waals surface area contributed by atoms with Crippen LogP contribution in [-0.4, -0.2) is 10.9 Å². The monoisotopic (exact) mass is 405 g/mol. The fraction of sp³-hybridized carbons (Fsp3) is 0.200. The van der Waals surface area contributed by atoms with Crippen molar-refractivity contribution >= 4 is 33.8 Å². The van der Waals surface area contributed by atoms with Gasteiger partial charge in [-0.1, -0.05) is 26.0 Å². The molecule has 0 aliphatic carbocycles. The highest BCUT2D eigenvalue weighted by Gasteiger charge is 2.30. The molecule has 1 aromatic heterocycles. The number of alkyl halides is 3. The zero-order valence-electron chi connectivity index (χ0n) is 15.2. The van der Waals surface area contributed by atoms with E-state index in [2.05, 4.69) is 15.6 Å². The third-order valence-electron chi connectivity index (χ3n) is 3.92. The van der Waals surface area contributed by atoms with Crippen LogP contribution in [0.25, 0.3) is 11.3 Å². The van der Waals surface area contributed by atoms with Gasteiger partial charge in [0.25, 0.3) is 0 Å². The molecule has 3 rings (SSSR count). The van der Waals surface area contributed by atoms with Crippen LogP contribution < -0.4 is 10.6 Å². The normalized spacial score (nSPS) is 11.5. The minimum atomic E-state index is -4.39. The Morgan fingerprint density at radius 3 is 2.39 bits per heavy atom. The molecule has 146 valence electrons. The highest BCUT2D eigenvalue weighted by Crippen LogP contribution is 2.33. The zero-order chi connectivity index (χ0) is 20.3. The summed E-state index contributed by atoms with van der Waals surface area (Å²) >= 11 is 1.30. The second-order valence-corrected chi connectivity index (χ2v) is 7.32. The molecule has 0 aliphatic heterocycles. The van der Waals surface area contributed by atoms with E-state index >= 15 is 0 Å². The topological polar surface area (TPSA) is 54.0 Å². The quantitative estimate of drug-likeness (QED) is 0.534. The predicted molar refractivity (Wildman–Crippen MR) is 106 cm³/mol. The molecule has 3 aromatic rings. The number of rotatable bonds is 5. The number of aromatic nitrogens is 1. The molecular weight excluding hydrogens is 387 g/mol. The van der Waals surface area contributed by atoms with Gasteiger partial charge in [-0.3, -0.25) is 4.79 Å². The standard InChI is InChI=1S/C20H18F3N3OS/c1-12(2)18(27)24-15-6-8-16(9-7-15)25-19-26-17(11-28-19)13-4-3-5-14(10-13)20(21,22)23/h3-12H,1-2H3,(H,24,27)(H,25,26). The van der Waals surface area contributed by atoms with E-state index in [1.54, 1.807) is 35.7 Å². The Hall–Kier alpha value is -2.87. The van der Waals surface area contributed by atoms with Gasteiger partial charge >= 0.3 is 6.18 Å². The number of nitrogens with zero attached hydrogens (tertiary/aromatic N) is 1. The van der Waals surface area contributed by atoms with E-state index < -0.39 is 11.7 Å². The van der Waals surface area contributed by atoms with E-state index in [4.69, 9.17) is 0 Å². The summed E-state index contributed by atoms with van der Waals surface area (Å²) in [5.41, 5.74) is 1.62. The number of hydrogen-bond acceptors (Lipinski definition) is 4. The molecular formula is C20H18F3N3OS. The predicted octanol–water partition coefficient (Wildman–Crippen LogP) is 6.17. The van der Waals surface area contributed by atoms with Gasteiger partial charge in [0.1, 0.15) is 0 Å². The molecule has 4 nitrogen and oxygen atoms in total. The van der Waals surface area contributed by atoms with Gasteiger partial charge in [-0.15, -0.1) is 11.3 Å². The first-order valence-corrected chi connectivity index (χ1v) is 9.41. The van der Waals surface area contributed by atoms with Crippen molar-refractivity contribution in [2.24, 2.45) is 5.92 Å². The number of nitrogens with one attached hydrogen (secondary N) is 2. The van der Waals surface area contributed by atoms with Gasteiger partial charge in [0.2, 0.25) is 5.91 Å². The van der Waals surface area contributed by atoms with Crippen LogP contribution in [0.1, 0.15) is 19.4 Å². The van der Waals surface area contributed by atoms with E-state index in [1.807, 2.05) is 13.8 Å². The molecule has 1 amide bonds. The zero-order valence-corrected chi connectivity index (χ0v) is 16.0. The lowest BCUT2D eigenvalue weighted by Crippen LogP contribution is -2.17. The molecule has 0 atom stereocenters. The highest BCUT2D eigenvalue weighted by molar-refractivity contribution is 7.14. The minimum Gasteiger partial charge on any atom is -0.332 e. The first kappa shape index (κ1) is 19.9. The Labute approximate surface area is 164 Å². The number of thiazole rings is 1. The molecule has 0 unspecified atom stereocenters. The molecule has 0 bridgehead atoms. The maximum absolute atomic E-state index is 12.9. The first-order valence-electron chi connectivity index (χ1n) is 8.53. The van der Waals surface area contributed by atoms with E-state index in [0.717, 1.165) is 17.8 Å². The van der Waals surface area contributed by atoms with Crippen LogP contribution in [0.15, 0.2) is 53.9 Å². The largest absolute Gasteiger partial charge is 0.416 e. The molecule has 0 fully saturated rings. The average molecular weight is 405 g/mol. The number of amides is 1. The van der Waals surface area contributed by atoms with Crippen molar-refractivity contribution in [3.05, 3.63) is 59.5 Å². The Bertz CT molecular complexity index is 965. The third-order valence-corrected chi connectivity index (χ3v) is 4.68. The number of anilines is 3. The number of hydrogen-bond donors (Lipinski definition) is 2. The molecule has 28 heavy (non-hydrogen) atoms. The summed E-state index contributed by atoms with van der Waals surface area (Å²) in [6.45, 7) is 3.63. The van der Waals surface area contributed by atoms with Crippen LogP contribution in [0.5, 0.6) is 0 Å². The summed E-state index contributed by atoms with van der Waals surface area (Å²) in [6, 6.07) is 12.2. The summed E-state index contributed by atoms with van der Waals surface area (Å²) in [5, 5.41) is 8.18. The van der Waals surface area contributed by atoms with Crippen molar-refractivity contribution in [3.8, 4) is 11.3 Å². The second-order valence-electron chi connectivity index (χ2n) is 6.46. The van der Waals surface area contributed by atoms with Crippen LogP contribution in [0, 0.1) is 5.92 Å². The summed E-state index contributed by atoms with van der Waals surface area (Å²) in [4.78, 5) is 16.1. The molecule has 2 N–H and O–H groups in total. The van der Waals surface area contributed by atoms with Crippen LogP contribution in [0.3, 0.4) is 0 Å². The molecule has 0 saturated heterocycles. The molecule has 0 saturated carbocycles. The fourth-order valence-electron chi connectivity index (χ4n) is 2.37. The molecule has 8 heteroatoms. The fourth-order valence-corrected chi connectivity index (χ4v) is 3.11. The Morgan fingerprint density at radius 1 is 1.07 bits per heavy atom. The number of halogens is 3. The summed E-state index contributed by atoms with van der Waals surface area (Å²) in [6.07, 6.45) is -4.39. The third kappa shape index (κ3) is 4.89. The van der Waals surface area contributed by atoms with Crippen molar-refractivity contribution in [1.82, 2.24) is 4.98 Å². The second kappa shape index (κ2) is 8.02. The number of benzene rings is 2. The van der Waals surface area contributed by atoms with Gasteiger partial charge in [-0.05, 0) is 36.4 Å². The maximum Gasteiger partial charge on any atom is 0.416 e. The van der Waals surface area contributed by atoms with Gasteiger partial charge in [0.05, 0.1) is 11.3 Å². The first-order chi connectivity index (χ1) is 13.2. The van der Waals surface area contributed by atoms with Crippen molar-refractivity contribution in [1.29, 1.82) is 0 Å². The van der Waals surface area contributed by atoms with E-state index in [-0.39, 0.29) is 11.8 Å². The smallest absolute Gasteiger partial charge is 0.332 e. The maximum atomic E-state index is 12.9. The van der Waals surface area contributed by atoms with Crippen molar-refractivity contribution in [3.63, 3.8) is 0 Å². The van der Waals surface area contributed by atoms with E-state index in [9.17, 15) is 18.0 Å². The van der Waals surface area contributed by atoms with Crippen molar-refractivity contribution in [2.45, 2.75) is 20.0 Å². The molecule has 1 heterocycles. The summed E-state index contributed by atoms with van der Waals surface area (Å²) in [5.74, 6) is -0.172. The Kier molecular flexibility index (Phi) is 5.69. The average Bonchev–Trinajstić information content (AvgIpc) is 3.11. The SMILES string of the molecule is CC(C)C(=O)Nc1ccc(Nc2nc(-c3cccc(C(F)(F)F)c3)cs2)cc1. The Morgan fingerprint density at radius 2 is 1.75 bits per heavy atom. The minimum absolute atomic E-state index is 0.0636. The lowest BCUT2D eigenvalue weighted by atomic mass is 10.1. The van der Waals surface area contributed by atoms with Gasteiger partial charge in [-0.25, -0.2) is 4.98 Å². The lowest BCUT2D eigenvalue weighted by Gasteiger charge is -2.09. The summed E-state index contributed by atoms with van der Waals surface area (Å²) in [7, 11) is 0. The Balaban J connectivity index is 1.71. The van der Waals surface area contributed by atoms with Gasteiger partial charge in [-0.2, -0.15) is 13.2 Å². The van der Waals surface area contributed by atoms with Crippen LogP contribution in [-0.2, 0) is 11.0 Å². The molecule has 0 aliphatic rings. The number of carbonyl (C=O) groups excluding carboxylic acids is 1. The molecule has 0 spiro atoms. The lowest BCUT2D eigenvalue weighted by molar-refractivity contribution is -0.137. The highest BCUT2D eigenvalue weighted by atomic mass is 32.1. The van der Waals surface area contributed by atoms with Crippen LogP contribution in [0.2, 0.25) is 0 Å². The van der Waals surface area contributed by atoms with E-state index in [0.29, 0.717) is 22.1 Å². The number of carbonyl (C=O) groups is 1. The van der Waals surface area contributed by atoms with Crippen LogP contribution >= 0.6 is 11.3 Å². The van der Waals surface area contributed by atoms with Gasteiger partial charge < -0.3 is 10.6 Å². The molecule has 0 radical (unpaired) electrons.